The number of thiazole rings is 1. The van der Waals surface area contributed by atoms with Gasteiger partial charge < -0.3 is 5.11 Å². The first kappa shape index (κ1) is 14.0. The van der Waals surface area contributed by atoms with Crippen molar-refractivity contribution in [2.24, 2.45) is 4.99 Å². The molecule has 21 heavy (non-hydrogen) atoms. The number of hydrogen-bond donors (Lipinski definition) is 1. The van der Waals surface area contributed by atoms with Gasteiger partial charge in [-0.15, -0.1) is 11.3 Å². The summed E-state index contributed by atoms with van der Waals surface area (Å²) in [7, 11) is 0. The average Bonchev–Trinajstić information content (AvgIpc) is 3.06. The summed E-state index contributed by atoms with van der Waals surface area (Å²) in [6, 6.07) is 7.40. The molecule has 1 atom stereocenters. The van der Waals surface area contributed by atoms with Crippen molar-refractivity contribution in [1.29, 1.82) is 0 Å². The van der Waals surface area contributed by atoms with Crippen LogP contribution in [-0.2, 0) is 5.54 Å². The van der Waals surface area contributed by atoms with Gasteiger partial charge in [-0.05, 0) is 25.1 Å². The van der Waals surface area contributed by atoms with Crippen LogP contribution in [0.4, 0.5) is 0 Å². The van der Waals surface area contributed by atoms with Crippen molar-refractivity contribution in [1.82, 2.24) is 4.98 Å². The van der Waals surface area contributed by atoms with Crippen LogP contribution in [0.1, 0.15) is 25.9 Å². The molecular weight excluding hydrogens is 308 g/mol. The fourth-order valence-corrected chi connectivity index (χ4v) is 3.64. The number of aryl methyl sites for hydroxylation is 1. The second kappa shape index (κ2) is 5.09. The number of carboxylic acid groups (broad SMARTS) is 1. The monoisotopic (exact) mass is 318 g/mol. The Balaban J connectivity index is 2.22. The van der Waals surface area contributed by atoms with Crippen LogP contribution in [0.2, 0.25) is 5.02 Å². The number of halogens is 1. The van der Waals surface area contributed by atoms with Crippen molar-refractivity contribution in [3.63, 3.8) is 0 Å². The zero-order chi connectivity index (χ0) is 15.0. The number of allylic oxidation sites excluding steroid dienone is 1. The lowest BCUT2D eigenvalue weighted by molar-refractivity contribution is 0.0701. The normalized spacial score (nSPS) is 20.1. The fraction of sp³-hybridized carbons (Fsp3) is 0.133. The number of aliphatic imine (C=N–C) groups is 1. The highest BCUT2D eigenvalue weighted by atomic mass is 35.5. The molecule has 0 fully saturated rings. The fourth-order valence-electron chi connectivity index (χ4n) is 2.32. The second-order valence-corrected chi connectivity index (χ2v) is 6.03. The van der Waals surface area contributed by atoms with Crippen LogP contribution in [0.3, 0.4) is 0 Å². The first-order chi connectivity index (χ1) is 10.0. The Morgan fingerprint density at radius 2 is 2.14 bits per heavy atom. The molecule has 2 heterocycles. The number of carboxylic acids is 1. The van der Waals surface area contributed by atoms with Crippen LogP contribution < -0.4 is 0 Å². The van der Waals surface area contributed by atoms with Crippen LogP contribution in [0.15, 0.2) is 41.4 Å². The molecule has 0 spiro atoms. The summed E-state index contributed by atoms with van der Waals surface area (Å²) in [6.07, 6.45) is 5.39. The average molecular weight is 319 g/mol. The molecule has 0 bridgehead atoms. The van der Waals surface area contributed by atoms with E-state index in [9.17, 15) is 9.90 Å². The molecule has 4 nitrogen and oxygen atoms in total. The van der Waals surface area contributed by atoms with Gasteiger partial charge >= 0.3 is 5.97 Å². The third-order valence-corrected chi connectivity index (χ3v) is 4.90. The molecule has 1 aliphatic heterocycles. The molecule has 1 aromatic carbocycles. The van der Waals surface area contributed by atoms with E-state index < -0.39 is 11.5 Å². The lowest BCUT2D eigenvalue weighted by Gasteiger charge is -2.23. The van der Waals surface area contributed by atoms with Crippen LogP contribution in [-0.4, -0.2) is 22.3 Å². The number of aromatic carboxylic acids is 1. The summed E-state index contributed by atoms with van der Waals surface area (Å²) >= 11 is 7.44. The molecule has 1 aliphatic rings. The van der Waals surface area contributed by atoms with Crippen LogP contribution >= 0.6 is 22.9 Å². The molecular formula is C15H11ClN2O2S. The van der Waals surface area contributed by atoms with Gasteiger partial charge in [0.25, 0.3) is 0 Å². The predicted octanol–water partition coefficient (Wildman–Crippen LogP) is 3.69. The second-order valence-electron chi connectivity index (χ2n) is 4.62. The van der Waals surface area contributed by atoms with Crippen molar-refractivity contribution in [3.8, 4) is 0 Å². The maximum absolute atomic E-state index is 11.2. The Hall–Kier alpha value is -1.98. The van der Waals surface area contributed by atoms with Gasteiger partial charge in [-0.3, -0.25) is 4.99 Å². The highest BCUT2D eigenvalue weighted by Crippen LogP contribution is 2.42. The van der Waals surface area contributed by atoms with Gasteiger partial charge in [0.2, 0.25) is 0 Å². The molecule has 1 aromatic heterocycles. The minimum Gasteiger partial charge on any atom is -0.477 e. The topological polar surface area (TPSA) is 62.5 Å². The van der Waals surface area contributed by atoms with Crippen LogP contribution in [0, 0.1) is 6.92 Å². The largest absolute Gasteiger partial charge is 0.477 e. The Kier molecular flexibility index (Phi) is 3.39. The zero-order valence-corrected chi connectivity index (χ0v) is 12.6. The highest BCUT2D eigenvalue weighted by Gasteiger charge is 2.38. The summed E-state index contributed by atoms with van der Waals surface area (Å²) < 4.78 is 0. The van der Waals surface area contributed by atoms with Crippen molar-refractivity contribution in [3.05, 3.63) is 62.6 Å². The maximum atomic E-state index is 11.2. The third-order valence-electron chi connectivity index (χ3n) is 3.30. The summed E-state index contributed by atoms with van der Waals surface area (Å²) in [6.45, 7) is 1.69. The van der Waals surface area contributed by atoms with Crippen molar-refractivity contribution >= 4 is 35.1 Å². The minimum absolute atomic E-state index is 0.229. The summed E-state index contributed by atoms with van der Waals surface area (Å²) in [5.74, 6) is -0.975. The standard InChI is InChI=1S/C15H11ClN2O2S/c1-9-12(13(19)20)21-14(18-9)15(7-4-8-17-15)10-5-2-3-6-11(10)16/h2-8H,1H3,(H,19,20). The quantitative estimate of drug-likeness (QED) is 0.938. The van der Waals surface area contributed by atoms with E-state index >= 15 is 0 Å². The molecule has 3 rings (SSSR count). The lowest BCUT2D eigenvalue weighted by Crippen LogP contribution is -2.21. The molecule has 0 radical (unpaired) electrons. The van der Waals surface area contributed by atoms with E-state index in [1.54, 1.807) is 19.2 Å². The van der Waals surface area contributed by atoms with Crippen LogP contribution in [0.25, 0.3) is 0 Å². The van der Waals surface area contributed by atoms with Gasteiger partial charge in [0.15, 0.2) is 5.54 Å². The summed E-state index contributed by atoms with van der Waals surface area (Å²) in [5.41, 5.74) is 0.452. The number of benzene rings is 1. The number of carbonyl (C=O) groups is 1. The van der Waals surface area contributed by atoms with E-state index in [0.717, 1.165) is 16.9 Å². The van der Waals surface area contributed by atoms with Gasteiger partial charge in [0.05, 0.1) is 5.69 Å². The molecule has 2 aromatic rings. The van der Waals surface area contributed by atoms with Crippen LogP contribution in [0.5, 0.6) is 0 Å². The Morgan fingerprint density at radius 3 is 2.71 bits per heavy atom. The lowest BCUT2D eigenvalue weighted by atomic mass is 9.91. The van der Waals surface area contributed by atoms with E-state index in [1.807, 2.05) is 30.4 Å². The first-order valence-corrected chi connectivity index (χ1v) is 7.43. The first-order valence-electron chi connectivity index (χ1n) is 6.24. The van der Waals surface area contributed by atoms with Gasteiger partial charge in [-0.25, -0.2) is 9.78 Å². The van der Waals surface area contributed by atoms with Crippen molar-refractivity contribution in [2.45, 2.75) is 12.5 Å². The molecule has 106 valence electrons. The maximum Gasteiger partial charge on any atom is 0.347 e. The molecule has 6 heteroatoms. The van der Waals surface area contributed by atoms with Crippen molar-refractivity contribution < 1.29 is 9.90 Å². The molecule has 1 N–H and O–H groups in total. The van der Waals surface area contributed by atoms with Gasteiger partial charge in [-0.1, -0.05) is 29.8 Å². The molecule has 0 saturated heterocycles. The zero-order valence-electron chi connectivity index (χ0n) is 11.1. The summed E-state index contributed by atoms with van der Waals surface area (Å²) in [5, 5.41) is 10.4. The van der Waals surface area contributed by atoms with E-state index in [1.165, 1.54) is 0 Å². The Morgan fingerprint density at radius 1 is 1.38 bits per heavy atom. The van der Waals surface area contributed by atoms with Gasteiger partial charge in [0.1, 0.15) is 9.88 Å². The third kappa shape index (κ3) is 2.18. The number of rotatable bonds is 3. The number of hydrogen-bond acceptors (Lipinski definition) is 4. The predicted molar refractivity (Wildman–Crippen MR) is 83.7 cm³/mol. The molecule has 0 saturated carbocycles. The Labute approximate surface area is 130 Å². The SMILES string of the molecule is Cc1nc(C2(c3ccccc3Cl)C=CC=N2)sc1C(=O)O. The Bertz CT molecular complexity index is 768. The van der Waals surface area contributed by atoms with E-state index in [0.29, 0.717) is 15.7 Å². The van der Waals surface area contributed by atoms with E-state index in [2.05, 4.69) is 9.98 Å². The van der Waals surface area contributed by atoms with E-state index in [4.69, 9.17) is 11.6 Å². The van der Waals surface area contributed by atoms with E-state index in [-0.39, 0.29) is 4.88 Å². The smallest absolute Gasteiger partial charge is 0.347 e. The van der Waals surface area contributed by atoms with Gasteiger partial charge in [-0.2, -0.15) is 0 Å². The highest BCUT2D eigenvalue weighted by molar-refractivity contribution is 7.14. The summed E-state index contributed by atoms with van der Waals surface area (Å²) in [4.78, 5) is 20.4. The number of aromatic nitrogens is 1. The minimum atomic E-state index is -0.975. The number of nitrogens with zero attached hydrogens (tertiary/aromatic N) is 2. The van der Waals surface area contributed by atoms with Gasteiger partial charge in [0, 0.05) is 16.8 Å². The van der Waals surface area contributed by atoms with Crippen molar-refractivity contribution in [2.75, 3.05) is 0 Å². The molecule has 0 amide bonds. The molecule has 1 unspecified atom stereocenters. The molecule has 0 aliphatic carbocycles.